The van der Waals surface area contributed by atoms with Gasteiger partial charge in [-0.15, -0.1) is 0 Å². The lowest BCUT2D eigenvalue weighted by Crippen LogP contribution is -2.27. The van der Waals surface area contributed by atoms with Gasteiger partial charge in [0.25, 0.3) is 0 Å². The van der Waals surface area contributed by atoms with Crippen LogP contribution in [0.1, 0.15) is 22.9 Å². The summed E-state index contributed by atoms with van der Waals surface area (Å²) in [6.07, 6.45) is 3.12. The zero-order chi connectivity index (χ0) is 16.8. The molecule has 4 heteroatoms. The van der Waals surface area contributed by atoms with Gasteiger partial charge in [0.05, 0.1) is 6.04 Å². The fourth-order valence-corrected chi connectivity index (χ4v) is 2.74. The summed E-state index contributed by atoms with van der Waals surface area (Å²) in [7, 11) is 0. The lowest BCUT2D eigenvalue weighted by atomic mass is 9.99. The fraction of sp³-hybridized carbons (Fsp3) is 0.0500. The smallest absolute Gasteiger partial charge is 0.244 e. The van der Waals surface area contributed by atoms with Gasteiger partial charge in [0.1, 0.15) is 5.76 Å². The molecule has 24 heavy (non-hydrogen) atoms. The molecular formula is C20H16BrNO2. The van der Waals surface area contributed by atoms with Gasteiger partial charge in [-0.25, -0.2) is 0 Å². The maximum atomic E-state index is 12.3. The van der Waals surface area contributed by atoms with E-state index in [1.54, 1.807) is 18.2 Å². The molecule has 0 aliphatic carbocycles. The Bertz CT molecular complexity index is 786. The minimum atomic E-state index is -0.201. The van der Waals surface area contributed by atoms with Crippen molar-refractivity contribution in [3.63, 3.8) is 0 Å². The third-order valence-electron chi connectivity index (χ3n) is 3.55. The van der Waals surface area contributed by atoms with Gasteiger partial charge in [0, 0.05) is 6.08 Å². The molecule has 0 radical (unpaired) electrons. The highest BCUT2D eigenvalue weighted by Gasteiger charge is 2.15. The number of rotatable bonds is 5. The van der Waals surface area contributed by atoms with Gasteiger partial charge >= 0.3 is 0 Å². The van der Waals surface area contributed by atoms with Crippen LogP contribution in [0.4, 0.5) is 0 Å². The third kappa shape index (κ3) is 4.24. The van der Waals surface area contributed by atoms with Gasteiger partial charge < -0.3 is 9.73 Å². The summed E-state index contributed by atoms with van der Waals surface area (Å²) in [5.74, 6) is 0.438. The van der Waals surface area contributed by atoms with Crippen molar-refractivity contribution in [1.82, 2.24) is 5.32 Å². The van der Waals surface area contributed by atoms with Crippen LogP contribution in [0.25, 0.3) is 6.08 Å². The zero-order valence-corrected chi connectivity index (χ0v) is 14.4. The predicted molar refractivity (Wildman–Crippen MR) is 98.3 cm³/mol. The zero-order valence-electron chi connectivity index (χ0n) is 12.9. The Morgan fingerprint density at radius 2 is 1.50 bits per heavy atom. The third-order valence-corrected chi connectivity index (χ3v) is 3.97. The minimum Gasteiger partial charge on any atom is -0.450 e. The highest BCUT2D eigenvalue weighted by Crippen LogP contribution is 2.22. The number of hydrogen-bond donors (Lipinski definition) is 1. The van der Waals surface area contributed by atoms with Crippen molar-refractivity contribution in [2.75, 3.05) is 0 Å². The summed E-state index contributed by atoms with van der Waals surface area (Å²) in [6, 6.07) is 23.2. The molecule has 3 aromatic rings. The van der Waals surface area contributed by atoms with Crippen LogP contribution < -0.4 is 5.32 Å². The molecule has 3 nitrogen and oxygen atoms in total. The van der Waals surface area contributed by atoms with Crippen molar-refractivity contribution < 1.29 is 9.21 Å². The van der Waals surface area contributed by atoms with Crippen LogP contribution in [-0.2, 0) is 4.79 Å². The molecule has 1 aromatic heterocycles. The molecule has 1 N–H and O–H groups in total. The van der Waals surface area contributed by atoms with Gasteiger partial charge in [0.2, 0.25) is 5.91 Å². The summed E-state index contributed by atoms with van der Waals surface area (Å²) in [5.41, 5.74) is 2.07. The Kier molecular flexibility index (Phi) is 5.29. The Morgan fingerprint density at radius 3 is 2.00 bits per heavy atom. The fourth-order valence-electron chi connectivity index (χ4n) is 2.42. The highest BCUT2D eigenvalue weighted by molar-refractivity contribution is 9.10. The Balaban J connectivity index is 1.79. The first-order valence-corrected chi connectivity index (χ1v) is 8.35. The molecule has 1 amide bonds. The molecule has 0 fully saturated rings. The maximum Gasteiger partial charge on any atom is 0.244 e. The monoisotopic (exact) mass is 381 g/mol. The van der Waals surface area contributed by atoms with E-state index >= 15 is 0 Å². The van der Waals surface area contributed by atoms with Crippen LogP contribution >= 0.6 is 15.9 Å². The van der Waals surface area contributed by atoms with Gasteiger partial charge in [-0.3, -0.25) is 4.79 Å². The van der Waals surface area contributed by atoms with Crippen LogP contribution in [-0.4, -0.2) is 5.91 Å². The SMILES string of the molecule is O=C(C=Cc1ccc(Br)o1)NC(c1ccccc1)c1ccccc1. The number of carbonyl (C=O) groups excluding carboxylic acids is 1. The second-order valence-corrected chi connectivity index (χ2v) is 6.02. The molecule has 120 valence electrons. The van der Waals surface area contributed by atoms with Crippen LogP contribution in [0.15, 0.2) is 88.0 Å². The number of nitrogens with one attached hydrogen (secondary N) is 1. The van der Waals surface area contributed by atoms with E-state index in [4.69, 9.17) is 4.42 Å². The van der Waals surface area contributed by atoms with Crippen molar-refractivity contribution in [2.24, 2.45) is 0 Å². The molecular weight excluding hydrogens is 366 g/mol. The van der Waals surface area contributed by atoms with Crippen molar-refractivity contribution in [2.45, 2.75) is 6.04 Å². The summed E-state index contributed by atoms with van der Waals surface area (Å²) < 4.78 is 5.99. The molecule has 2 aromatic carbocycles. The largest absolute Gasteiger partial charge is 0.450 e. The number of carbonyl (C=O) groups is 1. The van der Waals surface area contributed by atoms with E-state index in [9.17, 15) is 4.79 Å². The molecule has 3 rings (SSSR count). The highest BCUT2D eigenvalue weighted by atomic mass is 79.9. The Hall–Kier alpha value is -2.59. The van der Waals surface area contributed by atoms with E-state index in [1.165, 1.54) is 6.08 Å². The number of hydrogen-bond acceptors (Lipinski definition) is 2. The lowest BCUT2D eigenvalue weighted by Gasteiger charge is -2.19. The van der Waals surface area contributed by atoms with Crippen molar-refractivity contribution >= 4 is 27.9 Å². The molecule has 1 heterocycles. The van der Waals surface area contributed by atoms with Crippen LogP contribution in [0.2, 0.25) is 0 Å². The minimum absolute atomic E-state index is 0.180. The predicted octanol–water partition coefficient (Wildman–Crippen LogP) is 4.96. The summed E-state index contributed by atoms with van der Waals surface area (Å²) >= 11 is 3.24. The molecule has 0 aliphatic rings. The van der Waals surface area contributed by atoms with Gasteiger partial charge in [-0.1, -0.05) is 60.7 Å². The first kappa shape index (κ1) is 16.3. The second kappa shape index (κ2) is 7.79. The van der Waals surface area contributed by atoms with Crippen molar-refractivity contribution in [3.05, 3.63) is 100 Å². The van der Waals surface area contributed by atoms with Crippen molar-refractivity contribution in [1.29, 1.82) is 0 Å². The number of halogens is 1. The maximum absolute atomic E-state index is 12.3. The number of benzene rings is 2. The molecule has 0 spiro atoms. The average Bonchev–Trinajstić information content (AvgIpc) is 3.05. The van der Waals surface area contributed by atoms with E-state index in [-0.39, 0.29) is 11.9 Å². The normalized spacial score (nSPS) is 11.1. The lowest BCUT2D eigenvalue weighted by molar-refractivity contribution is -0.116. The number of amides is 1. The molecule has 0 bridgehead atoms. The van der Waals surface area contributed by atoms with Gasteiger partial charge in [0.15, 0.2) is 4.67 Å². The van der Waals surface area contributed by atoms with Gasteiger partial charge in [-0.2, -0.15) is 0 Å². The molecule has 0 atom stereocenters. The van der Waals surface area contributed by atoms with E-state index < -0.39 is 0 Å². The van der Waals surface area contributed by atoms with E-state index in [2.05, 4.69) is 21.2 Å². The van der Waals surface area contributed by atoms with Crippen LogP contribution in [0.5, 0.6) is 0 Å². The first-order chi connectivity index (χ1) is 11.7. The Morgan fingerprint density at radius 1 is 0.917 bits per heavy atom. The van der Waals surface area contributed by atoms with Gasteiger partial charge in [-0.05, 0) is 45.3 Å². The molecule has 0 unspecified atom stereocenters. The summed E-state index contributed by atoms with van der Waals surface area (Å²) in [5, 5.41) is 3.05. The quantitative estimate of drug-likeness (QED) is 0.634. The topological polar surface area (TPSA) is 42.2 Å². The van der Waals surface area contributed by atoms with E-state index in [0.717, 1.165) is 11.1 Å². The summed E-state index contributed by atoms with van der Waals surface area (Å²) in [4.78, 5) is 12.3. The van der Waals surface area contributed by atoms with E-state index in [1.807, 2.05) is 60.7 Å². The molecule has 0 saturated carbocycles. The van der Waals surface area contributed by atoms with Crippen LogP contribution in [0.3, 0.4) is 0 Å². The summed E-state index contributed by atoms with van der Waals surface area (Å²) in [6.45, 7) is 0. The molecule has 0 saturated heterocycles. The van der Waals surface area contributed by atoms with Crippen molar-refractivity contribution in [3.8, 4) is 0 Å². The average molecular weight is 382 g/mol. The van der Waals surface area contributed by atoms with Crippen LogP contribution in [0, 0.1) is 0 Å². The standard InChI is InChI=1S/C20H16BrNO2/c21-18-13-11-17(24-18)12-14-19(23)22-20(15-7-3-1-4-8-15)16-9-5-2-6-10-16/h1-14,20H,(H,22,23). The first-order valence-electron chi connectivity index (χ1n) is 7.56. The Labute approximate surface area is 149 Å². The number of furan rings is 1. The molecule has 0 aliphatic heterocycles. The van der Waals surface area contributed by atoms with E-state index in [0.29, 0.717) is 10.4 Å². The second-order valence-electron chi connectivity index (χ2n) is 5.24.